The Morgan fingerprint density at radius 2 is 2.30 bits per heavy atom. The van der Waals surface area contributed by atoms with E-state index in [1.165, 1.54) is 0 Å². The highest BCUT2D eigenvalue weighted by Crippen LogP contribution is 2.44. The Balaban J connectivity index is 1.75. The molecular formula is C15H17N3O2. The number of carbonyl (C=O) groups is 1. The van der Waals surface area contributed by atoms with Crippen molar-refractivity contribution >= 4 is 16.8 Å². The van der Waals surface area contributed by atoms with E-state index in [4.69, 9.17) is 4.74 Å². The van der Waals surface area contributed by atoms with E-state index in [1.54, 1.807) is 0 Å². The highest BCUT2D eigenvalue weighted by atomic mass is 16.5. The lowest BCUT2D eigenvalue weighted by Crippen LogP contribution is -2.50. The molecule has 1 aromatic heterocycles. The van der Waals surface area contributed by atoms with Crippen LogP contribution in [0, 0.1) is 6.92 Å². The van der Waals surface area contributed by atoms with Crippen LogP contribution in [0.25, 0.3) is 10.9 Å². The smallest absolute Gasteiger partial charge is 0.273 e. The number of nitrogens with zero attached hydrogens (tertiary/aromatic N) is 2. The van der Waals surface area contributed by atoms with Crippen LogP contribution in [-0.2, 0) is 4.74 Å². The average Bonchev–Trinajstić information content (AvgIpc) is 3.07. The van der Waals surface area contributed by atoms with Crippen molar-refractivity contribution in [1.29, 1.82) is 0 Å². The van der Waals surface area contributed by atoms with E-state index in [0.717, 1.165) is 29.3 Å². The summed E-state index contributed by atoms with van der Waals surface area (Å²) in [4.78, 5) is 14.8. The number of aromatic nitrogens is 2. The fourth-order valence-corrected chi connectivity index (χ4v) is 3.09. The second-order valence-electron chi connectivity index (χ2n) is 5.80. The summed E-state index contributed by atoms with van der Waals surface area (Å²) in [6.07, 6.45) is 2.09. The predicted octanol–water partition coefficient (Wildman–Crippen LogP) is 1.88. The largest absolute Gasteiger partial charge is 0.377 e. The molecular weight excluding hydrogens is 254 g/mol. The van der Waals surface area contributed by atoms with Crippen molar-refractivity contribution in [2.75, 3.05) is 19.8 Å². The minimum Gasteiger partial charge on any atom is -0.377 e. The monoisotopic (exact) mass is 271 g/mol. The zero-order valence-corrected chi connectivity index (χ0v) is 11.5. The van der Waals surface area contributed by atoms with Gasteiger partial charge in [-0.05, 0) is 25.3 Å². The quantitative estimate of drug-likeness (QED) is 0.861. The maximum atomic E-state index is 12.8. The van der Waals surface area contributed by atoms with Crippen LogP contribution in [0.5, 0.6) is 0 Å². The van der Waals surface area contributed by atoms with Crippen LogP contribution >= 0.6 is 0 Å². The average molecular weight is 271 g/mol. The van der Waals surface area contributed by atoms with Gasteiger partial charge in [0.2, 0.25) is 0 Å². The fraction of sp³-hybridized carbons (Fsp3) is 0.467. The molecule has 0 radical (unpaired) electrons. The van der Waals surface area contributed by atoms with Crippen LogP contribution in [0.2, 0.25) is 0 Å². The molecule has 1 aliphatic heterocycles. The predicted molar refractivity (Wildman–Crippen MR) is 74.7 cm³/mol. The normalized spacial score (nSPS) is 20.6. The molecule has 1 aromatic carbocycles. The zero-order chi connectivity index (χ0) is 13.7. The van der Waals surface area contributed by atoms with Crippen LogP contribution < -0.4 is 0 Å². The molecule has 5 heteroatoms. The Hall–Kier alpha value is -1.88. The lowest BCUT2D eigenvalue weighted by molar-refractivity contribution is -0.0119. The summed E-state index contributed by atoms with van der Waals surface area (Å²) in [7, 11) is 0. The maximum absolute atomic E-state index is 12.8. The van der Waals surface area contributed by atoms with Crippen molar-refractivity contribution in [2.24, 2.45) is 0 Å². The van der Waals surface area contributed by atoms with E-state index in [1.807, 2.05) is 30.0 Å². The number of fused-ring (bicyclic) bond motifs is 1. The van der Waals surface area contributed by atoms with Crippen LogP contribution in [0.4, 0.5) is 0 Å². The molecule has 1 amide bonds. The van der Waals surface area contributed by atoms with E-state index >= 15 is 0 Å². The number of aryl methyl sites for hydroxylation is 1. The fourth-order valence-electron chi connectivity index (χ4n) is 3.09. The number of carbonyl (C=O) groups excluding carboxylic acids is 1. The highest BCUT2D eigenvalue weighted by Gasteiger charge is 2.52. The summed E-state index contributed by atoms with van der Waals surface area (Å²) in [5.41, 5.74) is 2.53. The minimum absolute atomic E-state index is 0.0450. The summed E-state index contributed by atoms with van der Waals surface area (Å²) >= 11 is 0. The Labute approximate surface area is 116 Å². The number of rotatable bonds is 1. The van der Waals surface area contributed by atoms with Gasteiger partial charge in [0.1, 0.15) is 5.69 Å². The van der Waals surface area contributed by atoms with Crippen molar-refractivity contribution in [2.45, 2.75) is 25.3 Å². The van der Waals surface area contributed by atoms with Crippen molar-refractivity contribution < 1.29 is 9.53 Å². The maximum Gasteiger partial charge on any atom is 0.273 e. The molecule has 1 spiro atoms. The van der Waals surface area contributed by atoms with Gasteiger partial charge in [-0.25, -0.2) is 0 Å². The molecule has 5 nitrogen and oxygen atoms in total. The van der Waals surface area contributed by atoms with Crippen LogP contribution in [0.1, 0.15) is 28.9 Å². The third kappa shape index (κ3) is 1.59. The van der Waals surface area contributed by atoms with E-state index in [-0.39, 0.29) is 11.4 Å². The molecule has 0 atom stereocenters. The molecule has 104 valence electrons. The summed E-state index contributed by atoms with van der Waals surface area (Å²) in [6.45, 7) is 3.97. The number of amides is 1. The number of hydrogen-bond donors (Lipinski definition) is 1. The summed E-state index contributed by atoms with van der Waals surface area (Å²) in [5.74, 6) is 0.0545. The van der Waals surface area contributed by atoms with E-state index < -0.39 is 0 Å². The number of hydrogen-bond acceptors (Lipinski definition) is 3. The number of H-pyrrole nitrogens is 1. The molecule has 20 heavy (non-hydrogen) atoms. The van der Waals surface area contributed by atoms with Crippen LogP contribution in [-0.4, -0.2) is 46.3 Å². The number of ether oxygens (including phenoxy) is 1. The molecule has 1 saturated heterocycles. The lowest BCUT2D eigenvalue weighted by Gasteiger charge is -2.35. The van der Waals surface area contributed by atoms with E-state index in [0.29, 0.717) is 25.5 Å². The van der Waals surface area contributed by atoms with Gasteiger partial charge in [-0.1, -0.05) is 18.2 Å². The first-order chi connectivity index (χ1) is 9.71. The number of morpholine rings is 1. The molecule has 2 aromatic rings. The van der Waals surface area contributed by atoms with Crippen molar-refractivity contribution in [3.05, 3.63) is 29.5 Å². The third-order valence-corrected chi connectivity index (χ3v) is 4.48. The standard InChI is InChI=1S/C15H17N3O2/c1-10-3-2-4-11-12(10)16-17-13(11)14(19)18-7-8-20-9-15(18)5-6-15/h2-4H,5-9H2,1H3,(H,16,17). The highest BCUT2D eigenvalue weighted by molar-refractivity contribution is 6.05. The SMILES string of the molecule is Cc1cccc2c(C(=O)N3CCOCC34CC4)[nH]nc12. The second kappa shape index (κ2) is 4.06. The van der Waals surface area contributed by atoms with Crippen LogP contribution in [0.15, 0.2) is 18.2 Å². The minimum atomic E-state index is -0.0450. The molecule has 2 fully saturated rings. The van der Waals surface area contributed by atoms with Gasteiger partial charge in [0.05, 0.1) is 24.3 Å². The number of benzene rings is 1. The third-order valence-electron chi connectivity index (χ3n) is 4.48. The molecule has 4 rings (SSSR count). The van der Waals surface area contributed by atoms with Crippen molar-refractivity contribution in [1.82, 2.24) is 15.1 Å². The zero-order valence-electron chi connectivity index (χ0n) is 11.5. The Kier molecular flexibility index (Phi) is 2.41. The van der Waals surface area contributed by atoms with Gasteiger partial charge in [-0.15, -0.1) is 0 Å². The topological polar surface area (TPSA) is 58.2 Å². The number of aromatic amines is 1. The lowest BCUT2D eigenvalue weighted by atomic mass is 10.1. The Bertz CT molecular complexity index is 687. The van der Waals surface area contributed by atoms with Gasteiger partial charge >= 0.3 is 0 Å². The van der Waals surface area contributed by atoms with Gasteiger partial charge in [-0.2, -0.15) is 5.10 Å². The first-order valence-electron chi connectivity index (χ1n) is 7.05. The molecule has 1 N–H and O–H groups in total. The number of nitrogens with one attached hydrogen (secondary N) is 1. The summed E-state index contributed by atoms with van der Waals surface area (Å²) in [6, 6.07) is 5.93. The molecule has 2 aliphatic rings. The molecule has 0 unspecified atom stereocenters. The Morgan fingerprint density at radius 3 is 3.10 bits per heavy atom. The first-order valence-corrected chi connectivity index (χ1v) is 7.05. The summed E-state index contributed by atoms with van der Waals surface area (Å²) in [5, 5.41) is 8.15. The van der Waals surface area contributed by atoms with Gasteiger partial charge in [0.25, 0.3) is 5.91 Å². The molecule has 2 heterocycles. The second-order valence-corrected chi connectivity index (χ2v) is 5.80. The molecule has 1 saturated carbocycles. The van der Waals surface area contributed by atoms with Gasteiger partial charge in [0, 0.05) is 11.9 Å². The number of para-hydroxylation sites is 1. The van der Waals surface area contributed by atoms with Crippen molar-refractivity contribution in [3.8, 4) is 0 Å². The molecule has 1 aliphatic carbocycles. The molecule has 0 bridgehead atoms. The first kappa shape index (κ1) is 11.9. The van der Waals surface area contributed by atoms with Gasteiger partial charge in [0.15, 0.2) is 0 Å². The van der Waals surface area contributed by atoms with Crippen molar-refractivity contribution in [3.63, 3.8) is 0 Å². The van der Waals surface area contributed by atoms with Gasteiger partial charge < -0.3 is 9.64 Å². The van der Waals surface area contributed by atoms with Crippen LogP contribution in [0.3, 0.4) is 0 Å². The van der Waals surface area contributed by atoms with E-state index in [9.17, 15) is 4.79 Å². The van der Waals surface area contributed by atoms with Gasteiger partial charge in [-0.3, -0.25) is 9.89 Å². The Morgan fingerprint density at radius 1 is 1.45 bits per heavy atom. The summed E-state index contributed by atoms with van der Waals surface area (Å²) < 4.78 is 5.53. The van der Waals surface area contributed by atoms with E-state index in [2.05, 4.69) is 10.2 Å².